The molecule has 6 nitrogen and oxygen atoms in total. The maximum atomic E-state index is 10.4. The monoisotopic (exact) mass is 215 g/mol. The van der Waals surface area contributed by atoms with Crippen LogP contribution in [-0.2, 0) is 23.9 Å². The van der Waals surface area contributed by atoms with E-state index in [1.165, 1.54) is 6.92 Å². The normalized spacial score (nSPS) is 14.9. The number of piperidine rings is 1. The van der Waals surface area contributed by atoms with E-state index < -0.39 is 11.8 Å². The summed E-state index contributed by atoms with van der Waals surface area (Å²) in [5, 5.41) is 2.01. The Morgan fingerprint density at radius 1 is 1.27 bits per heavy atom. The third-order valence-corrected chi connectivity index (χ3v) is 1.34. The molecule has 0 saturated carbocycles. The van der Waals surface area contributed by atoms with Gasteiger partial charge in [0.05, 0.1) is 19.4 Å². The molecule has 1 aliphatic rings. The summed E-state index contributed by atoms with van der Waals surface area (Å²) >= 11 is 0. The quantitative estimate of drug-likeness (QED) is 0.364. The molecule has 0 spiro atoms. The predicted octanol–water partition coefficient (Wildman–Crippen LogP) is -0.439. The van der Waals surface area contributed by atoms with E-state index in [4.69, 9.17) is 0 Å². The topological polar surface area (TPSA) is 89.5 Å². The fourth-order valence-corrected chi connectivity index (χ4v) is 0.868. The molecule has 0 aromatic carbocycles. The number of hydrogen-bond acceptors (Lipinski definition) is 5. The van der Waals surface area contributed by atoms with Crippen LogP contribution in [0, 0.1) is 0 Å². The largest absolute Gasteiger partial charge is 0.466 e. The molecule has 0 unspecified atom stereocenters. The van der Waals surface area contributed by atoms with Gasteiger partial charge in [-0.25, -0.2) is 0 Å². The van der Waals surface area contributed by atoms with Crippen molar-refractivity contribution in [2.75, 3.05) is 6.61 Å². The molecule has 0 aromatic heterocycles. The molecule has 0 aromatic rings. The van der Waals surface area contributed by atoms with Crippen LogP contribution in [0.15, 0.2) is 0 Å². The Balaban J connectivity index is 0.000000288. The average molecular weight is 215 g/mol. The summed E-state index contributed by atoms with van der Waals surface area (Å²) in [6, 6.07) is 0. The van der Waals surface area contributed by atoms with Gasteiger partial charge >= 0.3 is 5.97 Å². The number of carbonyl (C=O) groups is 4. The molecule has 15 heavy (non-hydrogen) atoms. The first kappa shape index (κ1) is 13.3. The molecular weight excluding hydrogens is 202 g/mol. The summed E-state index contributed by atoms with van der Waals surface area (Å²) in [6.07, 6.45) is -0.294. The number of esters is 1. The van der Waals surface area contributed by atoms with E-state index in [0.717, 1.165) is 0 Å². The number of ketones is 1. The van der Waals surface area contributed by atoms with Crippen LogP contribution in [0.1, 0.15) is 26.7 Å². The molecule has 2 amide bonds. The minimum atomic E-state index is -0.490. The molecule has 0 atom stereocenters. The number of imide groups is 1. The van der Waals surface area contributed by atoms with Gasteiger partial charge in [0, 0.05) is 6.92 Å². The number of nitrogens with one attached hydrogen (secondary N) is 1. The smallest absolute Gasteiger partial charge is 0.302 e. The average Bonchev–Trinajstić information content (AvgIpc) is 2.00. The van der Waals surface area contributed by atoms with E-state index >= 15 is 0 Å². The van der Waals surface area contributed by atoms with Crippen molar-refractivity contribution in [3.8, 4) is 0 Å². The standard InChI is InChI=1S/C5H5NO3.C4H8O2/c7-3-1-4(8)6-5(9)2-3;1-3-6-4(2)5/h1-2H2,(H,6,8,9);3H2,1-2H3. The van der Waals surface area contributed by atoms with Gasteiger partial charge in [0.1, 0.15) is 0 Å². The molecule has 1 N–H and O–H groups in total. The summed E-state index contributed by atoms with van der Waals surface area (Å²) in [5.41, 5.74) is 0. The van der Waals surface area contributed by atoms with Crippen LogP contribution in [0.4, 0.5) is 0 Å². The molecule has 84 valence electrons. The predicted molar refractivity (Wildman–Crippen MR) is 49.7 cm³/mol. The van der Waals surface area contributed by atoms with Crippen molar-refractivity contribution in [3.05, 3.63) is 0 Å². The van der Waals surface area contributed by atoms with Gasteiger partial charge in [-0.2, -0.15) is 0 Å². The number of carbonyl (C=O) groups excluding carboxylic acids is 4. The third kappa shape index (κ3) is 7.36. The van der Waals surface area contributed by atoms with E-state index in [2.05, 4.69) is 4.74 Å². The van der Waals surface area contributed by atoms with Gasteiger partial charge in [0.25, 0.3) is 0 Å². The van der Waals surface area contributed by atoms with Gasteiger partial charge in [-0.3, -0.25) is 24.5 Å². The van der Waals surface area contributed by atoms with Crippen molar-refractivity contribution in [1.82, 2.24) is 5.32 Å². The maximum absolute atomic E-state index is 10.4. The van der Waals surface area contributed by atoms with E-state index in [1.54, 1.807) is 6.92 Å². The van der Waals surface area contributed by atoms with Crippen LogP contribution in [0.5, 0.6) is 0 Å². The third-order valence-electron chi connectivity index (χ3n) is 1.34. The van der Waals surface area contributed by atoms with E-state index in [9.17, 15) is 19.2 Å². The Hall–Kier alpha value is -1.72. The molecule has 0 bridgehead atoms. The lowest BCUT2D eigenvalue weighted by Crippen LogP contribution is -2.38. The number of ether oxygens (including phenoxy) is 1. The summed E-state index contributed by atoms with van der Waals surface area (Å²) in [7, 11) is 0. The molecule has 0 aliphatic carbocycles. The zero-order valence-electron chi connectivity index (χ0n) is 8.66. The SMILES string of the molecule is CCOC(C)=O.O=C1CC(=O)NC(=O)C1. The molecule has 1 saturated heterocycles. The Morgan fingerprint density at radius 3 is 1.93 bits per heavy atom. The lowest BCUT2D eigenvalue weighted by atomic mass is 10.1. The van der Waals surface area contributed by atoms with Crippen molar-refractivity contribution in [3.63, 3.8) is 0 Å². The number of rotatable bonds is 1. The second kappa shape index (κ2) is 6.69. The molecule has 1 aliphatic heterocycles. The van der Waals surface area contributed by atoms with Gasteiger partial charge in [0.2, 0.25) is 11.8 Å². The van der Waals surface area contributed by atoms with Crippen LogP contribution < -0.4 is 5.32 Å². The van der Waals surface area contributed by atoms with Crippen LogP contribution >= 0.6 is 0 Å². The lowest BCUT2D eigenvalue weighted by Gasteiger charge is -2.07. The minimum Gasteiger partial charge on any atom is -0.466 e. The van der Waals surface area contributed by atoms with Crippen LogP contribution in [0.2, 0.25) is 0 Å². The minimum absolute atomic E-state index is 0.147. The first-order chi connectivity index (χ1) is 6.95. The Kier molecular flexibility index (Phi) is 5.92. The maximum Gasteiger partial charge on any atom is 0.302 e. The molecular formula is C9H13NO5. The fraction of sp³-hybridized carbons (Fsp3) is 0.556. The molecule has 1 rings (SSSR count). The number of amides is 2. The van der Waals surface area contributed by atoms with Crippen LogP contribution in [0.3, 0.4) is 0 Å². The van der Waals surface area contributed by atoms with Crippen LogP contribution in [-0.4, -0.2) is 30.2 Å². The van der Waals surface area contributed by atoms with Crippen molar-refractivity contribution >= 4 is 23.6 Å². The molecule has 0 radical (unpaired) electrons. The first-order valence-corrected chi connectivity index (χ1v) is 4.43. The summed E-state index contributed by atoms with van der Waals surface area (Å²) in [5.74, 6) is -1.49. The van der Waals surface area contributed by atoms with Crippen LogP contribution in [0.25, 0.3) is 0 Å². The zero-order valence-corrected chi connectivity index (χ0v) is 8.66. The second-order valence-corrected chi connectivity index (χ2v) is 2.79. The number of Topliss-reactive ketones (excluding diaryl/α,β-unsaturated/α-hetero) is 1. The van der Waals surface area contributed by atoms with Crippen molar-refractivity contribution in [1.29, 1.82) is 0 Å². The van der Waals surface area contributed by atoms with Crippen molar-refractivity contribution in [2.45, 2.75) is 26.7 Å². The summed E-state index contributed by atoms with van der Waals surface area (Å²) in [4.78, 5) is 40.9. The Bertz CT molecular complexity index is 239. The van der Waals surface area contributed by atoms with Crippen molar-refractivity contribution in [2.24, 2.45) is 0 Å². The molecule has 1 fully saturated rings. The zero-order chi connectivity index (χ0) is 11.8. The highest BCUT2D eigenvalue weighted by Gasteiger charge is 2.21. The van der Waals surface area contributed by atoms with Gasteiger partial charge < -0.3 is 4.74 Å². The highest BCUT2D eigenvalue weighted by Crippen LogP contribution is 1.96. The Labute approximate surface area is 87.0 Å². The van der Waals surface area contributed by atoms with E-state index in [0.29, 0.717) is 6.61 Å². The highest BCUT2D eigenvalue weighted by molar-refractivity contribution is 6.16. The van der Waals surface area contributed by atoms with Crippen molar-refractivity contribution < 1.29 is 23.9 Å². The fourth-order valence-electron chi connectivity index (χ4n) is 0.868. The van der Waals surface area contributed by atoms with Gasteiger partial charge in [0.15, 0.2) is 5.78 Å². The lowest BCUT2D eigenvalue weighted by molar-refractivity contribution is -0.141. The summed E-state index contributed by atoms with van der Waals surface area (Å²) in [6.45, 7) is 3.65. The van der Waals surface area contributed by atoms with Gasteiger partial charge in [-0.15, -0.1) is 0 Å². The van der Waals surface area contributed by atoms with Gasteiger partial charge in [-0.05, 0) is 6.92 Å². The van der Waals surface area contributed by atoms with E-state index in [-0.39, 0.29) is 24.6 Å². The summed E-state index contributed by atoms with van der Waals surface area (Å²) < 4.78 is 4.40. The number of hydrogen-bond donors (Lipinski definition) is 1. The van der Waals surface area contributed by atoms with Gasteiger partial charge in [-0.1, -0.05) is 0 Å². The van der Waals surface area contributed by atoms with E-state index in [1.807, 2.05) is 5.32 Å². The highest BCUT2D eigenvalue weighted by atomic mass is 16.5. The first-order valence-electron chi connectivity index (χ1n) is 4.43. The molecule has 6 heteroatoms. The Morgan fingerprint density at radius 2 is 1.73 bits per heavy atom. The second-order valence-electron chi connectivity index (χ2n) is 2.79. The molecule has 1 heterocycles.